The van der Waals surface area contributed by atoms with Crippen molar-refractivity contribution in [3.05, 3.63) is 138 Å². The number of hydrogen-bond acceptors (Lipinski definition) is 3. The average molecular weight is 502 g/mol. The zero-order chi connectivity index (χ0) is 26.8. The van der Waals surface area contributed by atoms with E-state index < -0.39 is 18.7 Å². The second-order valence-electron chi connectivity index (χ2n) is 7.99. The standard InChI is InChI=1S/C30H26BF3O3/c1-4-9-25(10-5-2)31(26-11-7-6-8-12-26)37-29(23-13-17-24(18-14-23)30(32,33)34)21-28(35)22-15-19-27(36-3)20-16-22/h4-21H,1H2,2-3H3/b10-5-,25-9+,29-21-. The first-order chi connectivity index (χ1) is 17.8. The van der Waals surface area contributed by atoms with Gasteiger partial charge in [-0.2, -0.15) is 13.2 Å². The SMILES string of the molecule is C=C/C=C(\C=C/C)B(O/C(=C\C(=O)c1ccc(OC)cc1)c1ccc(C(F)(F)F)cc1)c1ccccc1. The van der Waals surface area contributed by atoms with Gasteiger partial charge in [0.15, 0.2) is 5.78 Å². The molecule has 0 saturated heterocycles. The topological polar surface area (TPSA) is 35.5 Å². The van der Waals surface area contributed by atoms with Crippen LogP contribution in [0.5, 0.6) is 5.75 Å². The lowest BCUT2D eigenvalue weighted by Gasteiger charge is -2.20. The molecule has 3 nitrogen and oxygen atoms in total. The van der Waals surface area contributed by atoms with Crippen LogP contribution in [-0.2, 0) is 10.8 Å². The van der Waals surface area contributed by atoms with Crippen molar-refractivity contribution in [3.63, 3.8) is 0 Å². The van der Waals surface area contributed by atoms with E-state index in [4.69, 9.17) is 9.39 Å². The van der Waals surface area contributed by atoms with Gasteiger partial charge >= 0.3 is 13.1 Å². The summed E-state index contributed by atoms with van der Waals surface area (Å²) in [6.45, 7) is 4.98. The van der Waals surface area contributed by atoms with E-state index in [0.29, 0.717) is 16.9 Å². The molecule has 3 aromatic carbocycles. The van der Waals surface area contributed by atoms with Crippen LogP contribution in [0.4, 0.5) is 13.2 Å². The van der Waals surface area contributed by atoms with Crippen molar-refractivity contribution in [2.45, 2.75) is 13.1 Å². The second kappa shape index (κ2) is 12.6. The summed E-state index contributed by atoms with van der Waals surface area (Å²) in [5.41, 5.74) is 1.45. The summed E-state index contributed by atoms with van der Waals surface area (Å²) in [4.78, 5) is 13.2. The Balaban J connectivity index is 2.12. The van der Waals surface area contributed by atoms with Gasteiger partial charge in [0.1, 0.15) is 11.5 Å². The van der Waals surface area contributed by atoms with Crippen molar-refractivity contribution in [2.24, 2.45) is 0 Å². The van der Waals surface area contributed by atoms with E-state index in [9.17, 15) is 18.0 Å². The third kappa shape index (κ3) is 7.37. The molecule has 0 fully saturated rings. The van der Waals surface area contributed by atoms with Crippen LogP contribution in [0.2, 0.25) is 0 Å². The summed E-state index contributed by atoms with van der Waals surface area (Å²) in [6.07, 6.45) is 3.92. The van der Waals surface area contributed by atoms with Gasteiger partial charge in [-0.1, -0.05) is 73.3 Å². The molecule has 0 radical (unpaired) electrons. The maximum Gasteiger partial charge on any atom is 0.426 e. The molecule has 3 aromatic rings. The lowest BCUT2D eigenvalue weighted by atomic mass is 9.54. The number of alkyl halides is 3. The van der Waals surface area contributed by atoms with Gasteiger partial charge in [-0.25, -0.2) is 0 Å². The molecule has 0 aliphatic rings. The van der Waals surface area contributed by atoms with E-state index >= 15 is 0 Å². The largest absolute Gasteiger partial charge is 0.551 e. The van der Waals surface area contributed by atoms with E-state index in [1.807, 2.05) is 49.4 Å². The molecule has 0 atom stereocenters. The summed E-state index contributed by atoms with van der Waals surface area (Å²) >= 11 is 0. The Bertz CT molecular complexity index is 1290. The molecule has 0 spiro atoms. The lowest BCUT2D eigenvalue weighted by Crippen LogP contribution is -2.35. The quantitative estimate of drug-likeness (QED) is 0.0978. The Labute approximate surface area is 215 Å². The molecule has 0 amide bonds. The highest BCUT2D eigenvalue weighted by Gasteiger charge is 2.31. The maximum absolute atomic E-state index is 13.2. The van der Waals surface area contributed by atoms with Gasteiger partial charge < -0.3 is 9.39 Å². The smallest absolute Gasteiger partial charge is 0.426 e. The second-order valence-corrected chi connectivity index (χ2v) is 7.99. The molecule has 37 heavy (non-hydrogen) atoms. The number of rotatable bonds is 10. The summed E-state index contributed by atoms with van der Waals surface area (Å²) in [7, 11) is 1.52. The number of allylic oxidation sites excluding steroid dienone is 6. The normalized spacial score (nSPS) is 12.4. The number of benzene rings is 3. The van der Waals surface area contributed by atoms with Crippen molar-refractivity contribution in [3.8, 4) is 5.75 Å². The van der Waals surface area contributed by atoms with Gasteiger partial charge in [0.2, 0.25) is 0 Å². The molecule has 0 aliphatic heterocycles. The van der Waals surface area contributed by atoms with Gasteiger partial charge in [0.05, 0.1) is 12.7 Å². The first-order valence-corrected chi connectivity index (χ1v) is 11.5. The van der Waals surface area contributed by atoms with Crippen molar-refractivity contribution >= 4 is 23.9 Å². The van der Waals surface area contributed by atoms with Gasteiger partial charge in [-0.15, -0.1) is 0 Å². The first kappa shape index (κ1) is 27.3. The number of ether oxygens (including phenoxy) is 1. The van der Waals surface area contributed by atoms with E-state index in [0.717, 1.165) is 23.1 Å². The molecule has 0 aliphatic carbocycles. The lowest BCUT2D eigenvalue weighted by molar-refractivity contribution is -0.137. The van der Waals surface area contributed by atoms with Gasteiger partial charge in [-0.05, 0) is 54.3 Å². The molecule has 188 valence electrons. The van der Waals surface area contributed by atoms with Gasteiger partial charge in [0, 0.05) is 17.2 Å². The van der Waals surface area contributed by atoms with Crippen LogP contribution >= 0.6 is 0 Å². The van der Waals surface area contributed by atoms with Crippen LogP contribution in [0.25, 0.3) is 5.76 Å². The monoisotopic (exact) mass is 502 g/mol. The number of carbonyl (C=O) groups is 1. The Morgan fingerprint density at radius 1 is 0.919 bits per heavy atom. The number of methoxy groups -OCH3 is 1. The molecule has 0 saturated carbocycles. The Morgan fingerprint density at radius 2 is 1.54 bits per heavy atom. The number of halogens is 3. The third-order valence-corrected chi connectivity index (χ3v) is 5.45. The van der Waals surface area contributed by atoms with Crippen LogP contribution in [0.1, 0.15) is 28.4 Å². The molecule has 0 aromatic heterocycles. The van der Waals surface area contributed by atoms with Crippen LogP contribution in [-0.4, -0.2) is 19.8 Å². The summed E-state index contributed by atoms with van der Waals surface area (Å²) in [5, 5.41) is 0. The van der Waals surface area contributed by atoms with Crippen LogP contribution < -0.4 is 10.2 Å². The maximum atomic E-state index is 13.2. The molecule has 7 heteroatoms. The average Bonchev–Trinajstić information content (AvgIpc) is 2.91. The zero-order valence-electron chi connectivity index (χ0n) is 20.5. The summed E-state index contributed by atoms with van der Waals surface area (Å²) in [6, 6.07) is 20.4. The van der Waals surface area contributed by atoms with Crippen molar-refractivity contribution < 1.29 is 27.4 Å². The Hall–Kier alpha value is -4.26. The van der Waals surface area contributed by atoms with E-state index in [1.165, 1.54) is 25.3 Å². The number of ketones is 1. The highest BCUT2D eigenvalue weighted by Crippen LogP contribution is 2.31. The van der Waals surface area contributed by atoms with E-state index in [1.54, 1.807) is 36.4 Å². The van der Waals surface area contributed by atoms with Crippen LogP contribution in [0.3, 0.4) is 0 Å². The molecule has 0 heterocycles. The van der Waals surface area contributed by atoms with E-state index in [2.05, 4.69) is 6.58 Å². The van der Waals surface area contributed by atoms with Gasteiger partial charge in [0.25, 0.3) is 0 Å². The fourth-order valence-corrected chi connectivity index (χ4v) is 3.61. The summed E-state index contributed by atoms with van der Waals surface area (Å²) in [5.74, 6) is 0.349. The minimum absolute atomic E-state index is 0.128. The predicted molar refractivity (Wildman–Crippen MR) is 143 cm³/mol. The highest BCUT2D eigenvalue weighted by atomic mass is 19.4. The minimum Gasteiger partial charge on any atom is -0.551 e. The van der Waals surface area contributed by atoms with Crippen molar-refractivity contribution in [1.82, 2.24) is 0 Å². The molecule has 0 unspecified atom stereocenters. The molecule has 3 rings (SSSR count). The molecule has 0 bridgehead atoms. The highest BCUT2D eigenvalue weighted by molar-refractivity contribution is 6.75. The first-order valence-electron chi connectivity index (χ1n) is 11.5. The number of hydrogen-bond donors (Lipinski definition) is 0. The van der Waals surface area contributed by atoms with Crippen molar-refractivity contribution in [1.29, 1.82) is 0 Å². The zero-order valence-corrected chi connectivity index (χ0v) is 20.5. The Morgan fingerprint density at radius 3 is 2.08 bits per heavy atom. The molecule has 0 N–H and O–H groups in total. The van der Waals surface area contributed by atoms with Crippen LogP contribution in [0.15, 0.2) is 121 Å². The van der Waals surface area contributed by atoms with Crippen molar-refractivity contribution in [2.75, 3.05) is 7.11 Å². The molecular formula is C30H26BF3O3. The van der Waals surface area contributed by atoms with Crippen LogP contribution in [0, 0.1) is 0 Å². The fraction of sp³-hybridized carbons (Fsp3) is 0.100. The fourth-order valence-electron chi connectivity index (χ4n) is 3.61. The molecular weight excluding hydrogens is 476 g/mol. The summed E-state index contributed by atoms with van der Waals surface area (Å²) < 4.78 is 51.1. The Kier molecular flexibility index (Phi) is 9.33. The van der Waals surface area contributed by atoms with E-state index in [-0.39, 0.29) is 11.5 Å². The minimum atomic E-state index is -4.49. The predicted octanol–water partition coefficient (Wildman–Crippen LogP) is 7.08. The third-order valence-electron chi connectivity index (χ3n) is 5.45. The van der Waals surface area contributed by atoms with Gasteiger partial charge in [-0.3, -0.25) is 4.79 Å². The number of carbonyl (C=O) groups excluding carboxylic acids is 1.